The van der Waals surface area contributed by atoms with E-state index in [1.165, 1.54) is 6.92 Å². The molecule has 0 atom stereocenters. The molecule has 8 heteroatoms. The van der Waals surface area contributed by atoms with Crippen molar-refractivity contribution in [1.29, 1.82) is 0 Å². The molecular weight excluding hydrogens is 405 g/mol. The Morgan fingerprint density at radius 3 is 2.48 bits per heavy atom. The molecule has 0 unspecified atom stereocenters. The fourth-order valence-electron chi connectivity index (χ4n) is 3.69. The van der Waals surface area contributed by atoms with E-state index in [1.807, 2.05) is 26.0 Å². The van der Waals surface area contributed by atoms with Gasteiger partial charge in [-0.3, -0.25) is 9.78 Å². The predicted octanol–water partition coefficient (Wildman–Crippen LogP) is 4.61. The number of hydrogen-bond acceptors (Lipinski definition) is 4. The normalized spacial score (nSPS) is 20.3. The number of aryl methyl sites for hydroxylation is 1. The zero-order valence-corrected chi connectivity index (χ0v) is 18.3. The van der Waals surface area contributed by atoms with Crippen LogP contribution in [0.4, 0.5) is 13.2 Å². The van der Waals surface area contributed by atoms with Crippen LogP contribution in [0.25, 0.3) is 0 Å². The molecule has 1 aromatic rings. The molecule has 1 saturated carbocycles. The number of nitrogens with zero attached hydrogens (tertiary/aromatic N) is 1. The van der Waals surface area contributed by atoms with Crippen molar-refractivity contribution in [3.05, 3.63) is 64.8 Å². The number of halogens is 3. The second-order valence-electron chi connectivity index (χ2n) is 8.23. The number of amides is 1. The number of hydrogen-bond donors (Lipinski definition) is 3. The quantitative estimate of drug-likeness (QED) is 0.546. The van der Waals surface area contributed by atoms with E-state index >= 15 is 0 Å². The highest BCUT2D eigenvalue weighted by molar-refractivity contribution is 5.95. The third kappa shape index (κ3) is 7.77. The van der Waals surface area contributed by atoms with Gasteiger partial charge in [0.05, 0.1) is 11.1 Å². The maximum atomic E-state index is 12.9. The van der Waals surface area contributed by atoms with Crippen molar-refractivity contribution >= 4 is 5.91 Å². The van der Waals surface area contributed by atoms with Crippen LogP contribution in [-0.4, -0.2) is 23.5 Å². The average Bonchev–Trinajstić information content (AvgIpc) is 2.66. The summed E-state index contributed by atoms with van der Waals surface area (Å²) in [4.78, 5) is 16.3. The van der Waals surface area contributed by atoms with Gasteiger partial charge in [-0.05, 0) is 76.2 Å². The van der Waals surface area contributed by atoms with Gasteiger partial charge in [0.25, 0.3) is 5.91 Å². The van der Waals surface area contributed by atoms with Gasteiger partial charge in [0.15, 0.2) is 0 Å². The van der Waals surface area contributed by atoms with Crippen LogP contribution in [0.15, 0.2) is 48.0 Å². The van der Waals surface area contributed by atoms with Gasteiger partial charge >= 0.3 is 6.18 Å². The van der Waals surface area contributed by atoms with Crippen molar-refractivity contribution < 1.29 is 18.0 Å². The number of aromatic nitrogens is 1. The zero-order chi connectivity index (χ0) is 23.2. The minimum atomic E-state index is -4.53. The average molecular weight is 437 g/mol. The van der Waals surface area contributed by atoms with Crippen molar-refractivity contribution in [1.82, 2.24) is 15.6 Å². The number of rotatable bonds is 7. The second kappa shape index (κ2) is 10.5. The van der Waals surface area contributed by atoms with Crippen LogP contribution in [-0.2, 0) is 6.18 Å². The highest BCUT2D eigenvalue weighted by atomic mass is 19.4. The molecule has 1 aromatic heterocycles. The topological polar surface area (TPSA) is 80.0 Å². The van der Waals surface area contributed by atoms with Crippen LogP contribution in [0.3, 0.4) is 0 Å². The van der Waals surface area contributed by atoms with E-state index in [0.29, 0.717) is 5.92 Å². The van der Waals surface area contributed by atoms with Crippen molar-refractivity contribution in [2.75, 3.05) is 6.54 Å². The molecular formula is C23H31F3N4O. The summed E-state index contributed by atoms with van der Waals surface area (Å²) in [7, 11) is 0. The lowest BCUT2D eigenvalue weighted by Gasteiger charge is -2.29. The number of alkyl halides is 3. The van der Waals surface area contributed by atoms with Crippen molar-refractivity contribution in [2.24, 2.45) is 11.7 Å². The lowest BCUT2D eigenvalue weighted by atomic mass is 9.85. The van der Waals surface area contributed by atoms with Crippen LogP contribution >= 0.6 is 0 Å². The monoisotopic (exact) mass is 436 g/mol. The SMILES string of the molecule is C=C(/C=C(C)\C=C(\C)N)NC[C@H]1CC[C@H](NC(=O)c2cc(C(F)(F)F)cnc2C)CC1. The first-order chi connectivity index (χ1) is 14.5. The van der Waals surface area contributed by atoms with Crippen LogP contribution in [0.5, 0.6) is 0 Å². The Labute approximate surface area is 181 Å². The largest absolute Gasteiger partial charge is 0.417 e. The molecule has 5 nitrogen and oxygen atoms in total. The first kappa shape index (κ1) is 24.5. The molecule has 0 spiro atoms. The number of carbonyl (C=O) groups excluding carboxylic acids is 1. The molecule has 0 aromatic carbocycles. The minimum absolute atomic E-state index is 0.0289. The van der Waals surface area contributed by atoms with Crippen molar-refractivity contribution in [2.45, 2.75) is 58.7 Å². The number of pyridine rings is 1. The summed E-state index contributed by atoms with van der Waals surface area (Å²) in [5.41, 5.74) is 7.57. The van der Waals surface area contributed by atoms with Crippen LogP contribution < -0.4 is 16.4 Å². The summed E-state index contributed by atoms with van der Waals surface area (Å²) in [6.45, 7) is 10.1. The van der Waals surface area contributed by atoms with Crippen molar-refractivity contribution in [3.63, 3.8) is 0 Å². The molecule has 2 rings (SSSR count). The van der Waals surface area contributed by atoms with E-state index in [1.54, 1.807) is 0 Å². The maximum absolute atomic E-state index is 12.9. The van der Waals surface area contributed by atoms with Crippen molar-refractivity contribution in [3.8, 4) is 0 Å². The molecule has 0 aliphatic heterocycles. The number of carbonyl (C=O) groups is 1. The van der Waals surface area contributed by atoms with Crippen LogP contribution in [0.2, 0.25) is 0 Å². The molecule has 1 aliphatic rings. The molecule has 1 fully saturated rings. The van der Waals surface area contributed by atoms with Gasteiger partial charge < -0.3 is 16.4 Å². The van der Waals surface area contributed by atoms with Gasteiger partial charge in [0.2, 0.25) is 0 Å². The first-order valence-corrected chi connectivity index (χ1v) is 10.3. The van der Waals surface area contributed by atoms with Crippen LogP contribution in [0, 0.1) is 12.8 Å². The highest BCUT2D eigenvalue weighted by Gasteiger charge is 2.32. The van der Waals surface area contributed by atoms with E-state index in [-0.39, 0.29) is 17.3 Å². The summed E-state index contributed by atoms with van der Waals surface area (Å²) in [5, 5.41) is 6.19. The van der Waals surface area contributed by atoms with Gasteiger partial charge in [-0.1, -0.05) is 6.58 Å². The molecule has 4 N–H and O–H groups in total. The predicted molar refractivity (Wildman–Crippen MR) is 116 cm³/mol. The van der Waals surface area contributed by atoms with Gasteiger partial charge in [-0.25, -0.2) is 0 Å². The summed E-state index contributed by atoms with van der Waals surface area (Å²) in [6, 6.07) is 0.816. The standard InChI is InChI=1S/C23H31F3N4O/c1-14(9-15(2)27)10-16(3)28-12-18-5-7-20(8-6-18)30-22(31)21-11-19(23(24,25)26)13-29-17(21)4/h9-11,13,18,20,28H,3,5-8,12,27H2,1-2,4H3,(H,30,31)/b14-10-,15-9-/t18-,20-. The molecule has 170 valence electrons. The van der Waals surface area contributed by atoms with Gasteiger partial charge in [-0.15, -0.1) is 0 Å². The van der Waals surface area contributed by atoms with E-state index in [0.717, 1.165) is 61.5 Å². The Bertz CT molecular complexity index is 862. The minimum Gasteiger partial charge on any atom is -0.402 e. The van der Waals surface area contributed by atoms with E-state index in [2.05, 4.69) is 22.2 Å². The lowest BCUT2D eigenvalue weighted by Crippen LogP contribution is -2.39. The fourth-order valence-corrected chi connectivity index (χ4v) is 3.69. The molecule has 0 bridgehead atoms. The number of nitrogens with two attached hydrogens (primary N) is 1. The molecule has 0 radical (unpaired) electrons. The molecule has 1 heterocycles. The Balaban J connectivity index is 1.84. The Kier molecular flexibility index (Phi) is 8.30. The first-order valence-electron chi connectivity index (χ1n) is 10.3. The maximum Gasteiger partial charge on any atom is 0.417 e. The van der Waals surface area contributed by atoms with E-state index in [9.17, 15) is 18.0 Å². The fraction of sp³-hybridized carbons (Fsp3) is 0.478. The summed E-state index contributed by atoms with van der Waals surface area (Å²) >= 11 is 0. The van der Waals surface area contributed by atoms with E-state index in [4.69, 9.17) is 5.73 Å². The Hall–Kier alpha value is -2.77. The molecule has 1 amide bonds. The Morgan fingerprint density at radius 2 is 1.90 bits per heavy atom. The summed E-state index contributed by atoms with van der Waals surface area (Å²) in [6.07, 6.45) is 3.42. The summed E-state index contributed by atoms with van der Waals surface area (Å²) in [5.74, 6) is -0.0581. The Morgan fingerprint density at radius 1 is 1.26 bits per heavy atom. The molecule has 31 heavy (non-hydrogen) atoms. The number of nitrogens with one attached hydrogen (secondary N) is 2. The third-order valence-corrected chi connectivity index (χ3v) is 5.32. The highest BCUT2D eigenvalue weighted by Crippen LogP contribution is 2.30. The van der Waals surface area contributed by atoms with Gasteiger partial charge in [0, 0.05) is 35.9 Å². The van der Waals surface area contributed by atoms with Crippen LogP contribution in [0.1, 0.15) is 61.1 Å². The van der Waals surface area contributed by atoms with E-state index < -0.39 is 17.6 Å². The second-order valence-corrected chi connectivity index (χ2v) is 8.23. The summed E-state index contributed by atoms with van der Waals surface area (Å²) < 4.78 is 38.8. The van der Waals surface area contributed by atoms with Gasteiger partial charge in [0.1, 0.15) is 0 Å². The third-order valence-electron chi connectivity index (χ3n) is 5.32. The number of allylic oxidation sites excluding steroid dienone is 4. The zero-order valence-electron chi connectivity index (χ0n) is 18.3. The molecule has 1 aliphatic carbocycles. The van der Waals surface area contributed by atoms with Gasteiger partial charge in [-0.2, -0.15) is 13.2 Å². The molecule has 0 saturated heterocycles. The lowest BCUT2D eigenvalue weighted by molar-refractivity contribution is -0.137. The smallest absolute Gasteiger partial charge is 0.402 e.